The maximum absolute atomic E-state index is 13.6. The maximum Gasteiger partial charge on any atom is 0.325 e. The molecule has 11 nitrogen and oxygen atoms in total. The van der Waals surface area contributed by atoms with Gasteiger partial charge in [-0.15, -0.1) is 0 Å². The highest BCUT2D eigenvalue weighted by Crippen LogP contribution is 2.39. The van der Waals surface area contributed by atoms with Crippen molar-refractivity contribution in [2.24, 2.45) is 0 Å². The summed E-state index contributed by atoms with van der Waals surface area (Å²) in [4.78, 5) is 55.4. The number of urea groups is 1. The zero-order valence-corrected chi connectivity index (χ0v) is 20.5. The van der Waals surface area contributed by atoms with Gasteiger partial charge in [0.1, 0.15) is 18.6 Å². The van der Waals surface area contributed by atoms with E-state index in [0.29, 0.717) is 52.2 Å². The van der Waals surface area contributed by atoms with Gasteiger partial charge in [0.15, 0.2) is 0 Å². The molecule has 0 atom stereocenters. The van der Waals surface area contributed by atoms with Gasteiger partial charge in [0.25, 0.3) is 5.91 Å². The van der Waals surface area contributed by atoms with Crippen molar-refractivity contribution in [2.45, 2.75) is 31.7 Å². The molecule has 35 heavy (non-hydrogen) atoms. The molecule has 1 aromatic rings. The third-order valence-electron chi connectivity index (χ3n) is 6.33. The summed E-state index contributed by atoms with van der Waals surface area (Å²) in [5.41, 5.74) is 0.0550. The zero-order chi connectivity index (χ0) is 25.3. The van der Waals surface area contributed by atoms with Crippen LogP contribution in [-0.4, -0.2) is 98.9 Å². The summed E-state index contributed by atoms with van der Waals surface area (Å²) in [5, 5.41) is 5.41. The van der Waals surface area contributed by atoms with Crippen LogP contribution in [0.5, 0.6) is 0 Å². The molecule has 2 heterocycles. The molecular weight excluding hydrogens is 454 g/mol. The summed E-state index contributed by atoms with van der Waals surface area (Å²) in [5.74, 6) is -0.818. The number of methoxy groups -OCH3 is 1. The van der Waals surface area contributed by atoms with Crippen LogP contribution >= 0.6 is 0 Å². The lowest BCUT2D eigenvalue weighted by molar-refractivity contribution is -0.141. The minimum Gasteiger partial charge on any atom is -0.465 e. The number of amides is 4. The quantitative estimate of drug-likeness (QED) is 0.364. The van der Waals surface area contributed by atoms with Crippen molar-refractivity contribution in [3.63, 3.8) is 0 Å². The maximum atomic E-state index is 13.6. The van der Waals surface area contributed by atoms with Crippen molar-refractivity contribution in [1.82, 2.24) is 20.4 Å². The molecule has 2 aliphatic heterocycles. The Labute approximate surface area is 205 Å². The lowest BCUT2D eigenvalue weighted by Crippen LogP contribution is -2.58. The molecule has 4 amide bonds. The van der Waals surface area contributed by atoms with E-state index in [4.69, 9.17) is 9.47 Å². The number of piperidine rings is 1. The molecular formula is C24H35N5O6. The van der Waals surface area contributed by atoms with E-state index in [9.17, 15) is 19.2 Å². The molecule has 1 spiro atoms. The van der Waals surface area contributed by atoms with E-state index >= 15 is 0 Å². The molecule has 2 aliphatic rings. The third-order valence-corrected chi connectivity index (χ3v) is 6.33. The zero-order valence-electron chi connectivity index (χ0n) is 20.5. The van der Waals surface area contributed by atoms with E-state index in [1.165, 1.54) is 0 Å². The van der Waals surface area contributed by atoms with Crippen molar-refractivity contribution < 1.29 is 28.7 Å². The van der Waals surface area contributed by atoms with E-state index in [1.54, 1.807) is 23.8 Å². The first-order chi connectivity index (χ1) is 16.9. The molecule has 0 unspecified atom stereocenters. The number of carbonyl (C=O) groups excluding carboxylic acids is 4. The van der Waals surface area contributed by atoms with Crippen LogP contribution in [0.15, 0.2) is 30.3 Å². The standard InChI is InChI=1S/C24H35N5O6/c1-3-35-21(31)16-26-23(33)27-13-10-24(11-14-27)22(32)28(17-20(30)25-12-7-15-34-2)18-29(24)19-8-5-4-6-9-19/h4-6,8-9H,3,7,10-18H2,1-2H3,(H,25,30)(H,26,33). The third kappa shape index (κ3) is 6.41. The first-order valence-corrected chi connectivity index (χ1v) is 12.0. The number of anilines is 1. The summed E-state index contributed by atoms with van der Waals surface area (Å²) >= 11 is 0. The number of para-hydroxylation sites is 1. The number of likely N-dealkylation sites (tertiary alicyclic amines) is 1. The SMILES string of the molecule is CCOC(=O)CNC(=O)N1CCC2(CC1)C(=O)N(CC(=O)NCCCOC)CN2c1ccccc1. The van der Waals surface area contributed by atoms with Gasteiger partial charge in [0.05, 0.1) is 13.3 Å². The summed E-state index contributed by atoms with van der Waals surface area (Å²) in [6.45, 7) is 3.76. The molecule has 0 radical (unpaired) electrons. The van der Waals surface area contributed by atoms with Crippen LogP contribution in [0.4, 0.5) is 10.5 Å². The number of hydrogen-bond acceptors (Lipinski definition) is 7. The molecule has 2 fully saturated rings. The first kappa shape index (κ1) is 26.3. The smallest absolute Gasteiger partial charge is 0.325 e. The summed E-state index contributed by atoms with van der Waals surface area (Å²) in [7, 11) is 1.61. The number of hydrogen-bond donors (Lipinski definition) is 2. The van der Waals surface area contributed by atoms with Crippen LogP contribution in [0.1, 0.15) is 26.2 Å². The lowest BCUT2D eigenvalue weighted by Gasteiger charge is -2.43. The molecule has 0 aromatic heterocycles. The topological polar surface area (TPSA) is 121 Å². The van der Waals surface area contributed by atoms with Gasteiger partial charge < -0.3 is 34.8 Å². The fourth-order valence-corrected chi connectivity index (χ4v) is 4.55. The molecule has 0 bridgehead atoms. The second kappa shape index (κ2) is 12.4. The van der Waals surface area contributed by atoms with E-state index in [-0.39, 0.29) is 37.5 Å². The van der Waals surface area contributed by atoms with E-state index in [0.717, 1.165) is 5.69 Å². The summed E-state index contributed by atoms with van der Waals surface area (Å²) < 4.78 is 9.84. The molecule has 3 rings (SSSR count). The van der Waals surface area contributed by atoms with Crippen molar-refractivity contribution in [2.75, 3.05) is 64.6 Å². The molecule has 11 heteroatoms. The number of nitrogens with one attached hydrogen (secondary N) is 2. The monoisotopic (exact) mass is 489 g/mol. The second-order valence-electron chi connectivity index (χ2n) is 8.59. The van der Waals surface area contributed by atoms with Crippen LogP contribution in [0.25, 0.3) is 0 Å². The normalized spacial score (nSPS) is 17.0. The van der Waals surface area contributed by atoms with Crippen LogP contribution in [-0.2, 0) is 23.9 Å². The molecule has 1 aromatic carbocycles. The Kier molecular flexibility index (Phi) is 9.30. The molecule has 2 N–H and O–H groups in total. The van der Waals surface area contributed by atoms with Crippen molar-refractivity contribution >= 4 is 29.5 Å². The van der Waals surface area contributed by atoms with E-state index in [1.807, 2.05) is 35.2 Å². The molecule has 2 saturated heterocycles. The lowest BCUT2D eigenvalue weighted by atomic mass is 9.85. The van der Waals surface area contributed by atoms with Crippen LogP contribution in [0.2, 0.25) is 0 Å². The number of esters is 1. The van der Waals surface area contributed by atoms with Crippen molar-refractivity contribution in [3.05, 3.63) is 30.3 Å². The van der Waals surface area contributed by atoms with Crippen LogP contribution in [0.3, 0.4) is 0 Å². The largest absolute Gasteiger partial charge is 0.465 e. The Morgan fingerprint density at radius 1 is 1.09 bits per heavy atom. The Hall–Kier alpha value is -3.34. The highest BCUT2D eigenvalue weighted by atomic mass is 16.5. The van der Waals surface area contributed by atoms with Crippen LogP contribution < -0.4 is 15.5 Å². The van der Waals surface area contributed by atoms with Crippen LogP contribution in [0, 0.1) is 0 Å². The first-order valence-electron chi connectivity index (χ1n) is 12.0. The van der Waals surface area contributed by atoms with Gasteiger partial charge in [-0.05, 0) is 38.3 Å². The Morgan fingerprint density at radius 2 is 1.80 bits per heavy atom. The van der Waals surface area contributed by atoms with E-state index in [2.05, 4.69) is 10.6 Å². The average molecular weight is 490 g/mol. The second-order valence-corrected chi connectivity index (χ2v) is 8.59. The van der Waals surface area contributed by atoms with Gasteiger partial charge in [-0.2, -0.15) is 0 Å². The Bertz CT molecular complexity index is 888. The average Bonchev–Trinajstić information content (AvgIpc) is 3.12. The predicted octanol–water partition coefficient (Wildman–Crippen LogP) is 0.553. The number of benzene rings is 1. The number of nitrogens with zero attached hydrogens (tertiary/aromatic N) is 3. The fraction of sp³-hybridized carbons (Fsp3) is 0.583. The predicted molar refractivity (Wildman–Crippen MR) is 129 cm³/mol. The fourth-order valence-electron chi connectivity index (χ4n) is 4.55. The van der Waals surface area contributed by atoms with Crippen molar-refractivity contribution in [1.29, 1.82) is 0 Å². The highest BCUT2D eigenvalue weighted by Gasteiger charge is 2.54. The van der Waals surface area contributed by atoms with Gasteiger partial charge in [-0.3, -0.25) is 14.4 Å². The number of ether oxygens (including phenoxy) is 2. The van der Waals surface area contributed by atoms with Gasteiger partial charge >= 0.3 is 12.0 Å². The van der Waals surface area contributed by atoms with Crippen molar-refractivity contribution in [3.8, 4) is 0 Å². The highest BCUT2D eigenvalue weighted by molar-refractivity contribution is 5.96. The minimum atomic E-state index is -0.838. The van der Waals surface area contributed by atoms with Gasteiger partial charge in [0.2, 0.25) is 5.91 Å². The summed E-state index contributed by atoms with van der Waals surface area (Å²) in [6.07, 6.45) is 1.53. The Morgan fingerprint density at radius 3 is 2.46 bits per heavy atom. The molecule has 192 valence electrons. The van der Waals surface area contributed by atoms with E-state index < -0.39 is 11.5 Å². The molecule has 0 saturated carbocycles. The Balaban J connectivity index is 1.66. The number of rotatable bonds is 10. The molecule has 0 aliphatic carbocycles. The summed E-state index contributed by atoms with van der Waals surface area (Å²) in [6, 6.07) is 9.27. The number of carbonyl (C=O) groups is 4. The van der Waals surface area contributed by atoms with Gasteiger partial charge in [-0.25, -0.2) is 4.79 Å². The minimum absolute atomic E-state index is 0.0271. The van der Waals surface area contributed by atoms with Gasteiger partial charge in [-0.1, -0.05) is 18.2 Å². The van der Waals surface area contributed by atoms with Gasteiger partial charge in [0, 0.05) is 39.0 Å².